The highest BCUT2D eigenvalue weighted by molar-refractivity contribution is 6.09. The van der Waals surface area contributed by atoms with Gasteiger partial charge in [0.2, 0.25) is 0 Å². The lowest BCUT2D eigenvalue weighted by atomic mass is 10.0. The Labute approximate surface area is 150 Å². The summed E-state index contributed by atoms with van der Waals surface area (Å²) in [5.74, 6) is -2.10. The number of aliphatic carboxylic acids is 1. The topological polar surface area (TPSA) is 66.0 Å². The molecule has 126 valence electrons. The van der Waals surface area contributed by atoms with Gasteiger partial charge in [-0.1, -0.05) is 48.5 Å². The quantitative estimate of drug-likeness (QED) is 0.592. The fourth-order valence-electron chi connectivity index (χ4n) is 3.41. The zero-order chi connectivity index (χ0) is 18.1. The van der Waals surface area contributed by atoms with Crippen LogP contribution in [0.15, 0.2) is 72.8 Å². The molecule has 0 bridgehead atoms. The van der Waals surface area contributed by atoms with Gasteiger partial charge in [0.25, 0.3) is 0 Å². The molecule has 1 unspecified atom stereocenters. The molecule has 0 aliphatic carbocycles. The molecular weight excluding hydrogens is 324 g/mol. The summed E-state index contributed by atoms with van der Waals surface area (Å²) in [6.07, 6.45) is 0.208. The number of nitriles is 1. The van der Waals surface area contributed by atoms with Gasteiger partial charge in [0.1, 0.15) is 5.92 Å². The van der Waals surface area contributed by atoms with Crippen molar-refractivity contribution in [3.05, 3.63) is 78.4 Å². The molecule has 0 fully saturated rings. The number of para-hydroxylation sites is 2. The third-order valence-corrected chi connectivity index (χ3v) is 4.67. The van der Waals surface area contributed by atoms with Gasteiger partial charge < -0.3 is 9.67 Å². The smallest absolute Gasteiger partial charge is 0.321 e. The molecule has 4 nitrogen and oxygen atoms in total. The second-order valence-electron chi connectivity index (χ2n) is 6.26. The van der Waals surface area contributed by atoms with Crippen molar-refractivity contribution in [2.24, 2.45) is 5.92 Å². The number of fused-ring (bicyclic) bond motifs is 3. The van der Waals surface area contributed by atoms with E-state index in [2.05, 4.69) is 28.8 Å². The predicted octanol–water partition coefficient (Wildman–Crippen LogP) is 4.55. The van der Waals surface area contributed by atoms with Gasteiger partial charge in [-0.25, -0.2) is 0 Å². The second-order valence-corrected chi connectivity index (χ2v) is 6.26. The highest BCUT2D eigenvalue weighted by Gasteiger charge is 2.17. The summed E-state index contributed by atoms with van der Waals surface area (Å²) in [5.41, 5.74) is 4.10. The van der Waals surface area contributed by atoms with E-state index in [1.165, 1.54) is 10.8 Å². The molecular formula is C22H16N2O2. The minimum atomic E-state index is -1.08. The maximum atomic E-state index is 11.1. The lowest BCUT2D eigenvalue weighted by molar-refractivity contribution is -0.139. The first-order valence-electron chi connectivity index (χ1n) is 8.39. The fourth-order valence-corrected chi connectivity index (χ4v) is 3.41. The minimum absolute atomic E-state index is 0.208. The maximum absolute atomic E-state index is 11.1. The van der Waals surface area contributed by atoms with Crippen LogP contribution in [0.25, 0.3) is 27.5 Å². The second kappa shape index (κ2) is 6.38. The SMILES string of the molecule is N#CC(Cc1ccc(-n2c3ccccc3c3ccccc32)cc1)C(=O)O. The van der Waals surface area contributed by atoms with Gasteiger partial charge in [0, 0.05) is 16.5 Å². The van der Waals surface area contributed by atoms with Crippen LogP contribution in [0.1, 0.15) is 5.56 Å². The van der Waals surface area contributed by atoms with Crippen LogP contribution >= 0.6 is 0 Å². The molecule has 4 heteroatoms. The Balaban J connectivity index is 1.81. The van der Waals surface area contributed by atoms with E-state index >= 15 is 0 Å². The average molecular weight is 340 g/mol. The Kier molecular flexibility index (Phi) is 3.91. The van der Waals surface area contributed by atoms with Crippen LogP contribution in [-0.2, 0) is 11.2 Å². The largest absolute Gasteiger partial charge is 0.480 e. The van der Waals surface area contributed by atoms with E-state index in [1.807, 2.05) is 54.6 Å². The fraction of sp³-hybridized carbons (Fsp3) is 0.0909. The molecule has 1 atom stereocenters. The van der Waals surface area contributed by atoms with Crippen molar-refractivity contribution in [3.63, 3.8) is 0 Å². The predicted molar refractivity (Wildman–Crippen MR) is 101 cm³/mol. The molecule has 0 radical (unpaired) electrons. The van der Waals surface area contributed by atoms with Gasteiger partial charge in [-0.3, -0.25) is 4.79 Å². The standard InChI is InChI=1S/C22H16N2O2/c23-14-16(22(25)26)13-15-9-11-17(12-10-15)24-20-7-3-1-5-18(20)19-6-2-4-8-21(19)24/h1-12,16H,13H2,(H,25,26). The summed E-state index contributed by atoms with van der Waals surface area (Å²) in [6, 6.07) is 26.1. The van der Waals surface area contributed by atoms with E-state index in [9.17, 15) is 4.79 Å². The van der Waals surface area contributed by atoms with E-state index in [-0.39, 0.29) is 6.42 Å². The summed E-state index contributed by atoms with van der Waals surface area (Å²) >= 11 is 0. The molecule has 1 aromatic heterocycles. The Bertz CT molecular complexity index is 1100. The zero-order valence-electron chi connectivity index (χ0n) is 14.0. The maximum Gasteiger partial charge on any atom is 0.321 e. The number of nitrogens with zero attached hydrogens (tertiary/aromatic N) is 2. The summed E-state index contributed by atoms with van der Waals surface area (Å²) in [6.45, 7) is 0. The van der Waals surface area contributed by atoms with Gasteiger partial charge in [-0.2, -0.15) is 5.26 Å². The van der Waals surface area contributed by atoms with E-state index in [1.54, 1.807) is 0 Å². The molecule has 0 saturated heterocycles. The van der Waals surface area contributed by atoms with E-state index in [0.717, 1.165) is 22.3 Å². The van der Waals surface area contributed by atoms with E-state index < -0.39 is 11.9 Å². The number of aromatic nitrogens is 1. The molecule has 3 aromatic carbocycles. The van der Waals surface area contributed by atoms with Crippen molar-refractivity contribution in [2.75, 3.05) is 0 Å². The third kappa shape index (κ3) is 2.60. The van der Waals surface area contributed by atoms with Crippen molar-refractivity contribution in [1.29, 1.82) is 5.26 Å². The van der Waals surface area contributed by atoms with E-state index in [0.29, 0.717) is 0 Å². The Morgan fingerprint density at radius 3 is 1.96 bits per heavy atom. The summed E-state index contributed by atoms with van der Waals surface area (Å²) in [4.78, 5) is 11.1. The normalized spacial score (nSPS) is 12.1. The van der Waals surface area contributed by atoms with Gasteiger partial charge in [-0.15, -0.1) is 0 Å². The molecule has 0 amide bonds. The van der Waals surface area contributed by atoms with Crippen LogP contribution in [-0.4, -0.2) is 15.6 Å². The van der Waals surface area contributed by atoms with Crippen LogP contribution in [0.2, 0.25) is 0 Å². The molecule has 0 aliphatic heterocycles. The Hall–Kier alpha value is -3.58. The lowest BCUT2D eigenvalue weighted by Gasteiger charge is -2.09. The number of carboxylic acids is 1. The number of carboxylic acid groups (broad SMARTS) is 1. The van der Waals surface area contributed by atoms with Gasteiger partial charge in [0.15, 0.2) is 0 Å². The molecule has 4 rings (SSSR count). The Morgan fingerprint density at radius 1 is 0.923 bits per heavy atom. The number of carbonyl (C=O) groups is 1. The van der Waals surface area contributed by atoms with Crippen LogP contribution in [0.3, 0.4) is 0 Å². The first-order chi connectivity index (χ1) is 12.7. The number of rotatable bonds is 4. The monoisotopic (exact) mass is 340 g/mol. The Morgan fingerprint density at radius 2 is 1.46 bits per heavy atom. The molecule has 0 saturated carbocycles. The van der Waals surface area contributed by atoms with Gasteiger partial charge >= 0.3 is 5.97 Å². The highest BCUT2D eigenvalue weighted by Crippen LogP contribution is 2.31. The van der Waals surface area contributed by atoms with E-state index in [4.69, 9.17) is 10.4 Å². The van der Waals surface area contributed by atoms with Crippen LogP contribution < -0.4 is 0 Å². The van der Waals surface area contributed by atoms with Crippen LogP contribution in [0.5, 0.6) is 0 Å². The number of hydrogen-bond donors (Lipinski definition) is 1. The van der Waals surface area contributed by atoms with Gasteiger partial charge in [-0.05, 0) is 36.2 Å². The molecule has 0 aliphatic rings. The van der Waals surface area contributed by atoms with Crippen molar-refractivity contribution < 1.29 is 9.90 Å². The first kappa shape index (κ1) is 15.9. The first-order valence-corrected chi connectivity index (χ1v) is 8.39. The summed E-state index contributed by atoms with van der Waals surface area (Å²) in [5, 5.41) is 20.4. The zero-order valence-corrected chi connectivity index (χ0v) is 14.0. The van der Waals surface area contributed by atoms with Crippen molar-refractivity contribution >= 4 is 27.8 Å². The molecule has 0 spiro atoms. The number of benzene rings is 3. The molecule has 4 aromatic rings. The third-order valence-electron chi connectivity index (χ3n) is 4.67. The molecule has 1 heterocycles. The minimum Gasteiger partial charge on any atom is -0.480 e. The van der Waals surface area contributed by atoms with Crippen LogP contribution in [0, 0.1) is 17.2 Å². The summed E-state index contributed by atoms with van der Waals surface area (Å²) < 4.78 is 2.20. The van der Waals surface area contributed by atoms with Crippen molar-refractivity contribution in [1.82, 2.24) is 4.57 Å². The van der Waals surface area contributed by atoms with Crippen LogP contribution in [0.4, 0.5) is 0 Å². The highest BCUT2D eigenvalue weighted by atomic mass is 16.4. The number of hydrogen-bond acceptors (Lipinski definition) is 2. The average Bonchev–Trinajstić information content (AvgIpc) is 3.01. The van der Waals surface area contributed by atoms with Gasteiger partial charge in [0.05, 0.1) is 17.1 Å². The summed E-state index contributed by atoms with van der Waals surface area (Å²) in [7, 11) is 0. The van der Waals surface area contributed by atoms with Crippen molar-refractivity contribution in [2.45, 2.75) is 6.42 Å². The molecule has 26 heavy (non-hydrogen) atoms. The lowest BCUT2D eigenvalue weighted by Crippen LogP contribution is -2.14. The van der Waals surface area contributed by atoms with Crippen molar-refractivity contribution in [3.8, 4) is 11.8 Å². The molecule has 1 N–H and O–H groups in total.